The SMILES string of the molecule is O=[N+]([O-])c1ccccc1-c1ccc2ccccc2c1Cl. The summed E-state index contributed by atoms with van der Waals surface area (Å²) in [7, 11) is 0. The van der Waals surface area contributed by atoms with Gasteiger partial charge in [-0.2, -0.15) is 0 Å². The zero-order valence-corrected chi connectivity index (χ0v) is 11.2. The van der Waals surface area contributed by atoms with Crippen LogP contribution in [0.1, 0.15) is 0 Å². The van der Waals surface area contributed by atoms with Crippen molar-refractivity contribution in [3.8, 4) is 11.1 Å². The molecule has 0 bridgehead atoms. The van der Waals surface area contributed by atoms with Crippen LogP contribution in [0.5, 0.6) is 0 Å². The molecular formula is C16H10ClNO2. The van der Waals surface area contributed by atoms with Crippen molar-refractivity contribution in [3.05, 3.63) is 75.8 Å². The highest BCUT2D eigenvalue weighted by Gasteiger charge is 2.17. The molecule has 0 aliphatic rings. The van der Waals surface area contributed by atoms with Crippen molar-refractivity contribution >= 4 is 28.1 Å². The Morgan fingerprint density at radius 1 is 0.850 bits per heavy atom. The van der Waals surface area contributed by atoms with Gasteiger partial charge in [0.2, 0.25) is 0 Å². The summed E-state index contributed by atoms with van der Waals surface area (Å²) >= 11 is 6.43. The van der Waals surface area contributed by atoms with Crippen LogP contribution in [-0.4, -0.2) is 4.92 Å². The third kappa shape index (κ3) is 2.02. The van der Waals surface area contributed by atoms with Crippen molar-refractivity contribution in [3.63, 3.8) is 0 Å². The van der Waals surface area contributed by atoms with Crippen LogP contribution in [-0.2, 0) is 0 Å². The molecule has 3 nitrogen and oxygen atoms in total. The van der Waals surface area contributed by atoms with E-state index in [0.29, 0.717) is 16.1 Å². The first kappa shape index (κ1) is 12.6. The fourth-order valence-electron chi connectivity index (χ4n) is 2.30. The van der Waals surface area contributed by atoms with E-state index in [1.165, 1.54) is 6.07 Å². The van der Waals surface area contributed by atoms with Crippen LogP contribution >= 0.6 is 11.6 Å². The predicted molar refractivity (Wildman–Crippen MR) is 81.0 cm³/mol. The fourth-order valence-corrected chi connectivity index (χ4v) is 2.64. The first-order chi connectivity index (χ1) is 9.68. The Morgan fingerprint density at radius 3 is 2.35 bits per heavy atom. The molecule has 0 N–H and O–H groups in total. The summed E-state index contributed by atoms with van der Waals surface area (Å²) in [6, 6.07) is 18.1. The van der Waals surface area contributed by atoms with Crippen LogP contribution in [0.25, 0.3) is 21.9 Å². The van der Waals surface area contributed by atoms with Gasteiger partial charge in [-0.05, 0) is 11.5 Å². The van der Waals surface area contributed by atoms with Gasteiger partial charge < -0.3 is 0 Å². The zero-order chi connectivity index (χ0) is 14.1. The second-order valence-corrected chi connectivity index (χ2v) is 4.80. The van der Waals surface area contributed by atoms with E-state index in [1.807, 2.05) is 36.4 Å². The summed E-state index contributed by atoms with van der Waals surface area (Å²) in [5, 5.41) is 13.6. The number of para-hydroxylation sites is 1. The molecule has 3 aromatic carbocycles. The van der Waals surface area contributed by atoms with E-state index in [1.54, 1.807) is 18.2 Å². The number of fused-ring (bicyclic) bond motifs is 1. The van der Waals surface area contributed by atoms with Gasteiger partial charge >= 0.3 is 0 Å². The topological polar surface area (TPSA) is 43.1 Å². The second kappa shape index (κ2) is 4.94. The van der Waals surface area contributed by atoms with Crippen molar-refractivity contribution in [2.75, 3.05) is 0 Å². The molecule has 4 heteroatoms. The summed E-state index contributed by atoms with van der Waals surface area (Å²) < 4.78 is 0. The Morgan fingerprint density at radius 2 is 1.55 bits per heavy atom. The number of hydrogen-bond donors (Lipinski definition) is 0. The molecule has 0 aromatic heterocycles. The molecule has 20 heavy (non-hydrogen) atoms. The van der Waals surface area contributed by atoms with Crippen molar-refractivity contribution < 1.29 is 4.92 Å². The molecule has 0 radical (unpaired) electrons. The van der Waals surface area contributed by atoms with Gasteiger partial charge in [-0.3, -0.25) is 10.1 Å². The lowest BCUT2D eigenvalue weighted by Crippen LogP contribution is -1.92. The minimum atomic E-state index is -0.388. The molecule has 0 fully saturated rings. The molecule has 0 amide bonds. The average Bonchev–Trinajstić information content (AvgIpc) is 2.48. The van der Waals surface area contributed by atoms with Gasteiger partial charge in [0.15, 0.2) is 0 Å². The number of nitrogens with zero attached hydrogens (tertiary/aromatic N) is 1. The number of benzene rings is 3. The Balaban J connectivity index is 2.31. The average molecular weight is 284 g/mol. The Hall–Kier alpha value is -2.39. The number of halogens is 1. The number of rotatable bonds is 2. The van der Waals surface area contributed by atoms with Gasteiger partial charge in [-0.25, -0.2) is 0 Å². The normalized spacial score (nSPS) is 10.7. The third-order valence-electron chi connectivity index (χ3n) is 3.25. The lowest BCUT2D eigenvalue weighted by molar-refractivity contribution is -0.384. The van der Waals surface area contributed by atoms with E-state index in [-0.39, 0.29) is 10.6 Å². The van der Waals surface area contributed by atoms with E-state index in [2.05, 4.69) is 0 Å². The van der Waals surface area contributed by atoms with Crippen LogP contribution in [0.4, 0.5) is 5.69 Å². The summed E-state index contributed by atoms with van der Waals surface area (Å²) in [6.45, 7) is 0. The van der Waals surface area contributed by atoms with Crippen LogP contribution in [0.15, 0.2) is 60.7 Å². The lowest BCUT2D eigenvalue weighted by atomic mass is 10.00. The molecule has 3 aromatic rings. The van der Waals surface area contributed by atoms with Gasteiger partial charge in [-0.1, -0.05) is 60.1 Å². The van der Waals surface area contributed by atoms with E-state index in [0.717, 1.165) is 10.8 Å². The molecular weight excluding hydrogens is 274 g/mol. The van der Waals surface area contributed by atoms with Crippen LogP contribution in [0.3, 0.4) is 0 Å². The predicted octanol–water partition coefficient (Wildman–Crippen LogP) is 5.07. The standard InChI is InChI=1S/C16H10ClNO2/c17-16-12-6-2-1-5-11(12)9-10-14(16)13-7-3-4-8-15(13)18(19)20/h1-10H. The highest BCUT2D eigenvalue weighted by Crippen LogP contribution is 2.38. The second-order valence-electron chi connectivity index (χ2n) is 4.42. The third-order valence-corrected chi connectivity index (χ3v) is 3.66. The highest BCUT2D eigenvalue weighted by molar-refractivity contribution is 6.38. The maximum Gasteiger partial charge on any atom is 0.277 e. The summed E-state index contributed by atoms with van der Waals surface area (Å²) in [5.74, 6) is 0. The first-order valence-corrected chi connectivity index (χ1v) is 6.47. The smallest absolute Gasteiger partial charge is 0.258 e. The minimum absolute atomic E-state index is 0.0599. The molecule has 0 saturated heterocycles. The first-order valence-electron chi connectivity index (χ1n) is 6.09. The van der Waals surface area contributed by atoms with Crippen LogP contribution in [0.2, 0.25) is 5.02 Å². The molecule has 0 aliphatic heterocycles. The molecule has 98 valence electrons. The van der Waals surface area contributed by atoms with Crippen molar-refractivity contribution in [1.82, 2.24) is 0 Å². The van der Waals surface area contributed by atoms with Crippen LogP contribution in [0, 0.1) is 10.1 Å². The highest BCUT2D eigenvalue weighted by atomic mass is 35.5. The molecule has 0 atom stereocenters. The molecule has 0 unspecified atom stereocenters. The maximum atomic E-state index is 11.1. The van der Waals surface area contributed by atoms with Crippen LogP contribution < -0.4 is 0 Å². The molecule has 0 heterocycles. The zero-order valence-electron chi connectivity index (χ0n) is 10.4. The van der Waals surface area contributed by atoms with Gasteiger partial charge in [0.25, 0.3) is 5.69 Å². The lowest BCUT2D eigenvalue weighted by Gasteiger charge is -2.08. The van der Waals surface area contributed by atoms with Gasteiger partial charge in [-0.15, -0.1) is 0 Å². The number of hydrogen-bond acceptors (Lipinski definition) is 2. The van der Waals surface area contributed by atoms with E-state index in [9.17, 15) is 10.1 Å². The van der Waals surface area contributed by atoms with E-state index in [4.69, 9.17) is 11.6 Å². The molecule has 0 saturated carbocycles. The summed E-state index contributed by atoms with van der Waals surface area (Å²) in [6.07, 6.45) is 0. The largest absolute Gasteiger partial charge is 0.277 e. The Labute approximate surface area is 120 Å². The van der Waals surface area contributed by atoms with Gasteiger partial charge in [0.1, 0.15) is 0 Å². The van der Waals surface area contributed by atoms with E-state index >= 15 is 0 Å². The van der Waals surface area contributed by atoms with Crippen molar-refractivity contribution in [1.29, 1.82) is 0 Å². The minimum Gasteiger partial charge on any atom is -0.258 e. The Bertz CT molecular complexity index is 814. The number of nitro benzene ring substituents is 1. The fraction of sp³-hybridized carbons (Fsp3) is 0. The van der Waals surface area contributed by atoms with E-state index < -0.39 is 0 Å². The number of nitro groups is 1. The Kier molecular flexibility index (Phi) is 3.12. The summed E-state index contributed by atoms with van der Waals surface area (Å²) in [4.78, 5) is 10.7. The van der Waals surface area contributed by atoms with Crippen molar-refractivity contribution in [2.24, 2.45) is 0 Å². The quantitative estimate of drug-likeness (QED) is 0.487. The molecule has 0 spiro atoms. The monoisotopic (exact) mass is 283 g/mol. The maximum absolute atomic E-state index is 11.1. The van der Waals surface area contributed by atoms with Gasteiger partial charge in [0, 0.05) is 17.0 Å². The van der Waals surface area contributed by atoms with Gasteiger partial charge in [0.05, 0.1) is 15.5 Å². The molecule has 3 rings (SSSR count). The van der Waals surface area contributed by atoms with Crippen molar-refractivity contribution in [2.45, 2.75) is 0 Å². The summed E-state index contributed by atoms with van der Waals surface area (Å²) in [5.41, 5.74) is 1.27. The molecule has 0 aliphatic carbocycles.